The smallest absolute Gasteiger partial charge is 0.225 e. The van der Waals surface area contributed by atoms with Gasteiger partial charge in [-0.2, -0.15) is 0 Å². The van der Waals surface area contributed by atoms with Crippen molar-refractivity contribution >= 4 is 28.1 Å². The van der Waals surface area contributed by atoms with Crippen LogP contribution in [0.3, 0.4) is 0 Å². The zero-order valence-corrected chi connectivity index (χ0v) is 11.9. The van der Waals surface area contributed by atoms with Crippen LogP contribution in [0.4, 0.5) is 15.8 Å². The summed E-state index contributed by atoms with van der Waals surface area (Å²) >= 11 is 0. The number of halogens is 1. The lowest BCUT2D eigenvalue weighted by molar-refractivity contribution is -0.116. The van der Waals surface area contributed by atoms with E-state index in [4.69, 9.17) is 5.73 Å². The number of nitrogens with zero attached hydrogens (tertiary/aromatic N) is 1. The van der Waals surface area contributed by atoms with Gasteiger partial charge in [-0.3, -0.25) is 9.00 Å². The first-order valence-corrected chi connectivity index (χ1v) is 7.95. The summed E-state index contributed by atoms with van der Waals surface area (Å²) in [4.78, 5) is 13.9. The van der Waals surface area contributed by atoms with E-state index in [0.29, 0.717) is 30.2 Å². The molecule has 1 saturated heterocycles. The van der Waals surface area contributed by atoms with Gasteiger partial charge in [0.25, 0.3) is 0 Å². The average Bonchev–Trinajstić information content (AvgIpc) is 2.41. The number of hydrogen-bond donors (Lipinski definition) is 2. The Balaban J connectivity index is 1.79. The summed E-state index contributed by atoms with van der Waals surface area (Å²) in [6.45, 7) is 2.15. The first-order chi connectivity index (χ1) is 9.54. The van der Waals surface area contributed by atoms with Crippen molar-refractivity contribution in [3.05, 3.63) is 24.0 Å². The van der Waals surface area contributed by atoms with Crippen LogP contribution < -0.4 is 11.1 Å². The fourth-order valence-electron chi connectivity index (χ4n) is 2.02. The monoisotopic (exact) mass is 299 g/mol. The Morgan fingerprint density at radius 1 is 1.40 bits per heavy atom. The predicted octanol–water partition coefficient (Wildman–Crippen LogP) is 0.801. The van der Waals surface area contributed by atoms with E-state index >= 15 is 0 Å². The summed E-state index contributed by atoms with van der Waals surface area (Å²) < 4.78 is 24.1. The van der Waals surface area contributed by atoms with Crippen molar-refractivity contribution in [1.29, 1.82) is 0 Å². The van der Waals surface area contributed by atoms with Crippen LogP contribution >= 0.6 is 0 Å². The third-order valence-electron chi connectivity index (χ3n) is 3.21. The van der Waals surface area contributed by atoms with Crippen LogP contribution in [0.15, 0.2) is 18.2 Å². The Labute approximate surface area is 119 Å². The van der Waals surface area contributed by atoms with Gasteiger partial charge in [0.1, 0.15) is 5.82 Å². The Morgan fingerprint density at radius 2 is 2.10 bits per heavy atom. The first-order valence-electron chi connectivity index (χ1n) is 6.47. The summed E-state index contributed by atoms with van der Waals surface area (Å²) in [5, 5.41) is 2.67. The van der Waals surface area contributed by atoms with Gasteiger partial charge < -0.3 is 16.0 Å². The maximum Gasteiger partial charge on any atom is 0.225 e. The lowest BCUT2D eigenvalue weighted by Gasteiger charge is -2.25. The highest BCUT2D eigenvalue weighted by atomic mass is 32.2. The van der Waals surface area contributed by atoms with Crippen LogP contribution in [-0.4, -0.2) is 46.2 Å². The summed E-state index contributed by atoms with van der Waals surface area (Å²) in [7, 11) is -0.706. The molecule has 20 heavy (non-hydrogen) atoms. The van der Waals surface area contributed by atoms with E-state index in [1.165, 1.54) is 18.2 Å². The van der Waals surface area contributed by atoms with Gasteiger partial charge in [0.05, 0.1) is 11.4 Å². The van der Waals surface area contributed by atoms with Crippen LogP contribution in [0.25, 0.3) is 0 Å². The molecule has 0 radical (unpaired) electrons. The number of carbonyl (C=O) groups is 1. The second kappa shape index (κ2) is 6.81. The van der Waals surface area contributed by atoms with E-state index < -0.39 is 16.6 Å². The normalized spacial score (nSPS) is 17.1. The molecule has 1 aromatic carbocycles. The highest BCUT2D eigenvalue weighted by Crippen LogP contribution is 2.19. The second-order valence-corrected chi connectivity index (χ2v) is 6.42. The minimum atomic E-state index is -0.706. The number of amides is 1. The topological polar surface area (TPSA) is 75.4 Å². The van der Waals surface area contributed by atoms with Gasteiger partial charge in [-0.1, -0.05) is 0 Å². The molecule has 0 spiro atoms. The molecular weight excluding hydrogens is 281 g/mol. The van der Waals surface area contributed by atoms with Gasteiger partial charge >= 0.3 is 0 Å². The molecule has 1 aliphatic heterocycles. The largest absolute Gasteiger partial charge is 0.397 e. The molecule has 0 bridgehead atoms. The quantitative estimate of drug-likeness (QED) is 0.807. The minimum absolute atomic E-state index is 0.157. The molecule has 1 heterocycles. The lowest BCUT2D eigenvalue weighted by atomic mass is 10.2. The van der Waals surface area contributed by atoms with Crippen molar-refractivity contribution in [1.82, 2.24) is 4.90 Å². The number of anilines is 2. The standard InChI is InChI=1S/C13H18FN3O2S/c14-10-1-2-12(11(15)9-10)16-13(18)3-4-17-5-7-20(19)8-6-17/h1-2,9H,3-8,15H2,(H,16,18). The molecule has 1 aromatic rings. The van der Waals surface area contributed by atoms with Crippen molar-refractivity contribution in [3.8, 4) is 0 Å². The van der Waals surface area contributed by atoms with Crippen LogP contribution in [0.2, 0.25) is 0 Å². The van der Waals surface area contributed by atoms with Gasteiger partial charge in [0.15, 0.2) is 0 Å². The zero-order valence-electron chi connectivity index (χ0n) is 11.1. The number of nitrogens with one attached hydrogen (secondary N) is 1. The minimum Gasteiger partial charge on any atom is -0.397 e. The molecule has 2 rings (SSSR count). The van der Waals surface area contributed by atoms with Crippen molar-refractivity contribution in [2.75, 3.05) is 42.2 Å². The van der Waals surface area contributed by atoms with E-state index in [9.17, 15) is 13.4 Å². The summed E-state index contributed by atoms with van der Waals surface area (Å²) in [5.41, 5.74) is 6.27. The molecule has 5 nitrogen and oxygen atoms in total. The molecule has 0 unspecified atom stereocenters. The highest BCUT2D eigenvalue weighted by Gasteiger charge is 2.16. The van der Waals surface area contributed by atoms with Gasteiger partial charge in [-0.05, 0) is 18.2 Å². The second-order valence-electron chi connectivity index (χ2n) is 4.72. The molecule has 0 saturated carbocycles. The number of nitrogen functional groups attached to an aromatic ring is 1. The van der Waals surface area contributed by atoms with Gasteiger partial charge in [-0.15, -0.1) is 0 Å². The maximum absolute atomic E-state index is 12.9. The summed E-state index contributed by atoms with van der Waals surface area (Å²) in [6.07, 6.45) is 0.337. The third-order valence-corrected chi connectivity index (χ3v) is 4.49. The Kier molecular flexibility index (Phi) is 5.08. The van der Waals surface area contributed by atoms with E-state index in [1.54, 1.807) is 0 Å². The van der Waals surface area contributed by atoms with Crippen molar-refractivity contribution in [3.63, 3.8) is 0 Å². The fourth-order valence-corrected chi connectivity index (χ4v) is 3.15. The molecule has 0 atom stereocenters. The Bertz CT molecular complexity index is 514. The van der Waals surface area contributed by atoms with Gasteiger partial charge in [0.2, 0.25) is 5.91 Å². The predicted molar refractivity (Wildman–Crippen MR) is 78.4 cm³/mol. The van der Waals surface area contributed by atoms with E-state index in [2.05, 4.69) is 10.2 Å². The summed E-state index contributed by atoms with van der Waals surface area (Å²) in [6, 6.07) is 3.88. The number of nitrogens with two attached hydrogens (primary N) is 1. The molecule has 7 heteroatoms. The molecule has 0 aliphatic carbocycles. The van der Waals surface area contributed by atoms with Crippen LogP contribution in [-0.2, 0) is 15.6 Å². The van der Waals surface area contributed by atoms with E-state index in [1.807, 2.05) is 0 Å². The number of benzene rings is 1. The molecule has 3 N–H and O–H groups in total. The number of rotatable bonds is 4. The number of hydrogen-bond acceptors (Lipinski definition) is 4. The molecule has 1 amide bonds. The average molecular weight is 299 g/mol. The van der Waals surface area contributed by atoms with Crippen molar-refractivity contribution in [2.45, 2.75) is 6.42 Å². The van der Waals surface area contributed by atoms with Crippen LogP contribution in [0, 0.1) is 5.82 Å². The zero-order chi connectivity index (χ0) is 14.5. The van der Waals surface area contributed by atoms with E-state index in [-0.39, 0.29) is 11.6 Å². The van der Waals surface area contributed by atoms with Crippen LogP contribution in [0.5, 0.6) is 0 Å². The molecular formula is C13H18FN3O2S. The van der Waals surface area contributed by atoms with Gasteiger partial charge in [-0.25, -0.2) is 4.39 Å². The molecule has 0 aromatic heterocycles. The first kappa shape index (κ1) is 14.9. The SMILES string of the molecule is Nc1cc(F)ccc1NC(=O)CCN1CCS(=O)CC1. The number of carbonyl (C=O) groups excluding carboxylic acids is 1. The lowest BCUT2D eigenvalue weighted by Crippen LogP contribution is -2.39. The molecule has 1 fully saturated rings. The van der Waals surface area contributed by atoms with Crippen molar-refractivity contribution in [2.24, 2.45) is 0 Å². The van der Waals surface area contributed by atoms with E-state index in [0.717, 1.165) is 13.1 Å². The Morgan fingerprint density at radius 3 is 2.75 bits per heavy atom. The summed E-state index contributed by atoms with van der Waals surface area (Å²) in [5.74, 6) is 0.760. The molecule has 110 valence electrons. The Hall–Kier alpha value is -1.47. The van der Waals surface area contributed by atoms with Crippen LogP contribution in [0.1, 0.15) is 6.42 Å². The van der Waals surface area contributed by atoms with Gasteiger partial charge in [0, 0.05) is 48.4 Å². The fraction of sp³-hybridized carbons (Fsp3) is 0.462. The molecule has 1 aliphatic rings. The maximum atomic E-state index is 12.9. The third kappa shape index (κ3) is 4.28. The van der Waals surface area contributed by atoms with Crippen molar-refractivity contribution < 1.29 is 13.4 Å². The highest BCUT2D eigenvalue weighted by molar-refractivity contribution is 7.85.